The Morgan fingerprint density at radius 3 is 2.52 bits per heavy atom. The monoisotopic (exact) mass is 371 g/mol. The maximum Gasteiger partial charge on any atom is 0.387 e. The van der Waals surface area contributed by atoms with Crippen LogP contribution in [0.1, 0.15) is 10.4 Å². The molecule has 0 aromatic heterocycles. The van der Waals surface area contributed by atoms with Crippen LogP contribution in [0.15, 0.2) is 66.7 Å². The molecule has 1 amide bonds. The Kier molecular flexibility index (Phi) is 5.61. The Bertz CT molecular complexity index is 970. The second kappa shape index (κ2) is 8.27. The molecule has 1 N–H and O–H groups in total. The summed E-state index contributed by atoms with van der Waals surface area (Å²) in [5, 5.41) is 4.51. The van der Waals surface area contributed by atoms with Gasteiger partial charge in [0.2, 0.25) is 0 Å². The van der Waals surface area contributed by atoms with E-state index in [-0.39, 0.29) is 11.3 Å². The molecule has 0 unspecified atom stereocenters. The molecule has 27 heavy (non-hydrogen) atoms. The van der Waals surface area contributed by atoms with Gasteiger partial charge in [0.25, 0.3) is 5.91 Å². The summed E-state index contributed by atoms with van der Waals surface area (Å²) in [6.45, 7) is -3.51. The van der Waals surface area contributed by atoms with Gasteiger partial charge in [-0.15, -0.1) is 0 Å². The quantitative estimate of drug-likeness (QED) is 0.659. The van der Waals surface area contributed by atoms with Crippen LogP contribution in [0, 0.1) is 0 Å². The van der Waals surface area contributed by atoms with Crippen molar-refractivity contribution in [1.29, 1.82) is 0 Å². The number of alkyl halides is 2. The summed E-state index contributed by atoms with van der Waals surface area (Å²) in [5.41, 5.74) is 0.604. The standard InChI is InChI=1S/C20H15F2NO4/c21-20(22)27-15-8-3-7-14(11-15)19(25)26-12-18(24)23-17-10-4-6-13-5-1-2-9-16(13)17/h1-11,20H,12H2,(H,23,24). The fourth-order valence-corrected chi connectivity index (χ4v) is 2.53. The summed E-state index contributed by atoms with van der Waals surface area (Å²) in [5.74, 6) is -1.50. The molecule has 0 fully saturated rings. The molecule has 5 nitrogen and oxygen atoms in total. The zero-order chi connectivity index (χ0) is 19.2. The summed E-state index contributed by atoms with van der Waals surface area (Å²) < 4.78 is 33.6. The normalized spacial score (nSPS) is 10.6. The highest BCUT2D eigenvalue weighted by atomic mass is 19.3. The Balaban J connectivity index is 1.61. The number of amides is 1. The van der Waals surface area contributed by atoms with Crippen molar-refractivity contribution in [2.45, 2.75) is 6.61 Å². The van der Waals surface area contributed by atoms with Gasteiger partial charge in [-0.3, -0.25) is 4.79 Å². The Morgan fingerprint density at radius 2 is 1.70 bits per heavy atom. The predicted octanol–water partition coefficient (Wildman–Crippen LogP) is 4.24. The van der Waals surface area contributed by atoms with Crippen molar-refractivity contribution in [1.82, 2.24) is 0 Å². The highest BCUT2D eigenvalue weighted by Gasteiger charge is 2.13. The van der Waals surface area contributed by atoms with Crippen molar-refractivity contribution in [3.8, 4) is 5.75 Å². The van der Waals surface area contributed by atoms with Gasteiger partial charge in [-0.2, -0.15) is 8.78 Å². The van der Waals surface area contributed by atoms with Crippen LogP contribution in [-0.4, -0.2) is 25.1 Å². The summed E-state index contributed by atoms with van der Waals surface area (Å²) in [6, 6.07) is 18.2. The van der Waals surface area contributed by atoms with E-state index in [0.29, 0.717) is 5.69 Å². The molecule has 3 aromatic carbocycles. The van der Waals surface area contributed by atoms with Crippen LogP contribution in [0.4, 0.5) is 14.5 Å². The number of halogens is 2. The molecule has 0 spiro atoms. The zero-order valence-corrected chi connectivity index (χ0v) is 14.0. The topological polar surface area (TPSA) is 64.6 Å². The number of hydrogen-bond donors (Lipinski definition) is 1. The maximum absolute atomic E-state index is 12.2. The van der Waals surface area contributed by atoms with Crippen molar-refractivity contribution in [2.75, 3.05) is 11.9 Å². The van der Waals surface area contributed by atoms with Gasteiger partial charge < -0.3 is 14.8 Å². The molecule has 0 atom stereocenters. The zero-order valence-electron chi connectivity index (χ0n) is 14.0. The first-order valence-corrected chi connectivity index (χ1v) is 8.02. The number of rotatable bonds is 6. The number of fused-ring (bicyclic) bond motifs is 1. The van der Waals surface area contributed by atoms with Gasteiger partial charge in [0.05, 0.1) is 5.56 Å². The van der Waals surface area contributed by atoms with E-state index in [0.717, 1.165) is 16.8 Å². The van der Waals surface area contributed by atoms with E-state index in [1.165, 1.54) is 18.2 Å². The number of carbonyl (C=O) groups excluding carboxylic acids is 2. The number of anilines is 1. The van der Waals surface area contributed by atoms with Gasteiger partial charge >= 0.3 is 12.6 Å². The third kappa shape index (κ3) is 4.78. The molecular formula is C20H15F2NO4. The molecule has 138 valence electrons. The lowest BCUT2D eigenvalue weighted by atomic mass is 10.1. The van der Waals surface area contributed by atoms with Gasteiger partial charge in [-0.1, -0.05) is 42.5 Å². The molecule has 0 saturated heterocycles. The van der Waals surface area contributed by atoms with Gasteiger partial charge in [0.15, 0.2) is 6.61 Å². The number of carbonyl (C=O) groups is 2. The third-order valence-corrected chi connectivity index (χ3v) is 3.69. The van der Waals surface area contributed by atoms with Crippen LogP contribution in [0.3, 0.4) is 0 Å². The summed E-state index contributed by atoms with van der Waals surface area (Å²) in [6.07, 6.45) is 0. The van der Waals surface area contributed by atoms with Crippen LogP contribution in [0.5, 0.6) is 5.75 Å². The Labute approximate surface area is 153 Å². The van der Waals surface area contributed by atoms with Crippen molar-refractivity contribution < 1.29 is 27.8 Å². The predicted molar refractivity (Wildman–Crippen MR) is 95.9 cm³/mol. The first-order valence-electron chi connectivity index (χ1n) is 8.02. The third-order valence-electron chi connectivity index (χ3n) is 3.69. The molecule has 3 aromatic rings. The highest BCUT2D eigenvalue weighted by Crippen LogP contribution is 2.23. The van der Waals surface area contributed by atoms with Crippen LogP contribution in [0.2, 0.25) is 0 Å². The smallest absolute Gasteiger partial charge is 0.387 e. The van der Waals surface area contributed by atoms with Crippen LogP contribution < -0.4 is 10.1 Å². The number of ether oxygens (including phenoxy) is 2. The minimum Gasteiger partial charge on any atom is -0.452 e. The van der Waals surface area contributed by atoms with E-state index in [1.807, 2.05) is 30.3 Å². The minimum atomic E-state index is -3.00. The molecule has 3 rings (SSSR count). The number of hydrogen-bond acceptors (Lipinski definition) is 4. The van der Waals surface area contributed by atoms with Crippen molar-refractivity contribution in [3.63, 3.8) is 0 Å². The number of nitrogens with one attached hydrogen (secondary N) is 1. The fourth-order valence-electron chi connectivity index (χ4n) is 2.53. The van der Waals surface area contributed by atoms with Crippen molar-refractivity contribution >= 4 is 28.3 Å². The first kappa shape index (κ1) is 18.3. The van der Waals surface area contributed by atoms with Gasteiger partial charge in [0.1, 0.15) is 5.75 Å². The van der Waals surface area contributed by atoms with Crippen molar-refractivity contribution in [3.05, 3.63) is 72.3 Å². The van der Waals surface area contributed by atoms with Crippen molar-refractivity contribution in [2.24, 2.45) is 0 Å². The maximum atomic E-state index is 12.2. The van der Waals surface area contributed by atoms with Gasteiger partial charge in [0, 0.05) is 11.1 Å². The molecule has 0 heterocycles. The van der Waals surface area contributed by atoms with E-state index in [2.05, 4.69) is 10.1 Å². The minimum absolute atomic E-state index is 0.00566. The molecule has 0 aliphatic heterocycles. The second-order valence-electron chi connectivity index (χ2n) is 5.56. The molecule has 0 saturated carbocycles. The van der Waals surface area contributed by atoms with Gasteiger partial charge in [-0.05, 0) is 29.7 Å². The molecule has 0 bridgehead atoms. The van der Waals surface area contributed by atoms with Crippen LogP contribution >= 0.6 is 0 Å². The van der Waals surface area contributed by atoms with Crippen LogP contribution in [0.25, 0.3) is 10.8 Å². The van der Waals surface area contributed by atoms with Gasteiger partial charge in [-0.25, -0.2) is 4.79 Å². The number of esters is 1. The van der Waals surface area contributed by atoms with E-state index in [9.17, 15) is 18.4 Å². The van der Waals surface area contributed by atoms with E-state index < -0.39 is 25.1 Å². The highest BCUT2D eigenvalue weighted by molar-refractivity contribution is 6.03. The Morgan fingerprint density at radius 1 is 0.963 bits per heavy atom. The molecule has 0 aliphatic rings. The average Bonchev–Trinajstić information content (AvgIpc) is 2.66. The first-order chi connectivity index (χ1) is 13.0. The van der Waals surface area contributed by atoms with E-state index in [4.69, 9.17) is 4.74 Å². The van der Waals surface area contributed by atoms with E-state index in [1.54, 1.807) is 12.1 Å². The number of benzene rings is 3. The summed E-state index contributed by atoms with van der Waals surface area (Å²) in [4.78, 5) is 24.1. The fraction of sp³-hybridized carbons (Fsp3) is 0.100. The van der Waals surface area contributed by atoms with E-state index >= 15 is 0 Å². The molecular weight excluding hydrogens is 356 g/mol. The molecule has 0 aliphatic carbocycles. The lowest BCUT2D eigenvalue weighted by Gasteiger charge is -2.10. The molecule has 7 heteroatoms. The molecule has 0 radical (unpaired) electrons. The summed E-state index contributed by atoms with van der Waals surface area (Å²) in [7, 11) is 0. The lowest BCUT2D eigenvalue weighted by molar-refractivity contribution is -0.119. The largest absolute Gasteiger partial charge is 0.452 e. The SMILES string of the molecule is O=C(COC(=O)c1cccc(OC(F)F)c1)Nc1cccc2ccccc12. The van der Waals surface area contributed by atoms with Crippen LogP contribution in [-0.2, 0) is 9.53 Å². The average molecular weight is 371 g/mol. The second-order valence-corrected chi connectivity index (χ2v) is 5.56. The summed E-state index contributed by atoms with van der Waals surface area (Å²) >= 11 is 0. The lowest BCUT2D eigenvalue weighted by Crippen LogP contribution is -2.21. The Hall–Kier alpha value is -3.48.